The molecule has 38 heavy (non-hydrogen) atoms. The van der Waals surface area contributed by atoms with Crippen LogP contribution in [0, 0.1) is 0 Å². The molecular weight excluding hydrogens is 494 g/mol. The molecule has 3 aromatic carbocycles. The number of aromatic hydroxyl groups is 1. The molecule has 3 N–H and O–H groups in total. The van der Waals surface area contributed by atoms with Gasteiger partial charge in [0, 0.05) is 22.2 Å². The zero-order valence-electron chi connectivity index (χ0n) is 20.5. The number of nitrogens with two attached hydrogens (primary N) is 1. The summed E-state index contributed by atoms with van der Waals surface area (Å²) in [5.41, 5.74) is 14.6. The number of phenols is 1. The van der Waals surface area contributed by atoms with E-state index in [4.69, 9.17) is 22.3 Å². The third-order valence-electron chi connectivity index (χ3n) is 7.62. The van der Waals surface area contributed by atoms with Gasteiger partial charge in [-0.25, -0.2) is 4.98 Å². The van der Waals surface area contributed by atoms with Gasteiger partial charge in [0.15, 0.2) is 11.5 Å². The van der Waals surface area contributed by atoms with Crippen LogP contribution in [0.4, 0.5) is 0 Å². The Bertz CT molecular complexity index is 1830. The van der Waals surface area contributed by atoms with Gasteiger partial charge >= 0.3 is 0 Å². The lowest BCUT2D eigenvalue weighted by molar-refractivity contribution is 0.253. The molecule has 0 radical (unpaired) electrons. The zero-order chi connectivity index (χ0) is 25.9. The van der Waals surface area contributed by atoms with Gasteiger partial charge < -0.3 is 10.8 Å². The average molecular weight is 518 g/mol. The minimum absolute atomic E-state index is 0.00357. The number of phenolic OH excluding ortho intramolecular Hbond substituents is 1. The maximum Gasteiger partial charge on any atom is 0.169 e. The molecular formula is C31H24ClN5O. The van der Waals surface area contributed by atoms with Crippen molar-refractivity contribution in [2.45, 2.75) is 24.8 Å². The standard InChI is InChI=1S/C31H24ClN5O/c32-24-12-9-21(17-27(24)38)30-36-35-28-14-13-25-26(37(28)30)18-23(19-5-2-1-3-6-19)29(34-25)20-7-10-22(11-8-20)31(33)15-4-16-31/h1-3,5-14,17-18,38H,4,15-16,33H2. The number of halogens is 1. The van der Waals surface area contributed by atoms with Crippen molar-refractivity contribution >= 4 is 28.3 Å². The van der Waals surface area contributed by atoms with Gasteiger partial charge in [-0.05, 0) is 66.8 Å². The lowest BCUT2D eigenvalue weighted by Gasteiger charge is -2.38. The van der Waals surface area contributed by atoms with E-state index >= 15 is 0 Å². The fraction of sp³-hybridized carbons (Fsp3) is 0.129. The van der Waals surface area contributed by atoms with E-state index in [1.165, 1.54) is 12.0 Å². The number of benzene rings is 3. The van der Waals surface area contributed by atoms with Crippen LogP contribution >= 0.6 is 11.6 Å². The van der Waals surface area contributed by atoms with Gasteiger partial charge in [0.05, 0.1) is 21.7 Å². The maximum absolute atomic E-state index is 10.2. The summed E-state index contributed by atoms with van der Waals surface area (Å²) >= 11 is 6.06. The van der Waals surface area contributed by atoms with E-state index in [-0.39, 0.29) is 16.3 Å². The highest BCUT2D eigenvalue weighted by atomic mass is 35.5. The van der Waals surface area contributed by atoms with Crippen LogP contribution in [0.3, 0.4) is 0 Å². The average Bonchev–Trinajstić information content (AvgIpc) is 3.38. The van der Waals surface area contributed by atoms with E-state index in [2.05, 4.69) is 52.7 Å². The van der Waals surface area contributed by atoms with Crippen LogP contribution in [0.25, 0.3) is 50.5 Å². The van der Waals surface area contributed by atoms with E-state index in [0.29, 0.717) is 17.0 Å². The van der Waals surface area contributed by atoms with E-state index < -0.39 is 0 Å². The minimum Gasteiger partial charge on any atom is -0.506 e. The summed E-state index contributed by atoms with van der Waals surface area (Å²) in [5.74, 6) is 0.598. The van der Waals surface area contributed by atoms with E-state index in [0.717, 1.165) is 46.3 Å². The summed E-state index contributed by atoms with van der Waals surface area (Å²) < 4.78 is 1.97. The summed E-state index contributed by atoms with van der Waals surface area (Å²) in [7, 11) is 0. The van der Waals surface area contributed by atoms with Crippen LogP contribution in [0.5, 0.6) is 5.75 Å². The highest BCUT2D eigenvalue weighted by molar-refractivity contribution is 6.32. The molecule has 7 heteroatoms. The maximum atomic E-state index is 10.2. The Kier molecular flexibility index (Phi) is 5.21. The second kappa shape index (κ2) is 8.65. The lowest BCUT2D eigenvalue weighted by Crippen LogP contribution is -2.43. The fourth-order valence-corrected chi connectivity index (χ4v) is 5.43. The van der Waals surface area contributed by atoms with Gasteiger partial charge in [0.2, 0.25) is 0 Å². The highest BCUT2D eigenvalue weighted by Crippen LogP contribution is 2.40. The smallest absolute Gasteiger partial charge is 0.169 e. The van der Waals surface area contributed by atoms with Crippen LogP contribution in [-0.2, 0) is 5.54 Å². The zero-order valence-corrected chi connectivity index (χ0v) is 21.2. The number of hydrogen-bond donors (Lipinski definition) is 2. The van der Waals surface area contributed by atoms with Gasteiger partial charge in [-0.1, -0.05) is 66.2 Å². The van der Waals surface area contributed by atoms with E-state index in [1.807, 2.05) is 40.8 Å². The van der Waals surface area contributed by atoms with Crippen molar-refractivity contribution in [1.29, 1.82) is 0 Å². The van der Waals surface area contributed by atoms with Crippen molar-refractivity contribution in [1.82, 2.24) is 19.6 Å². The fourth-order valence-electron chi connectivity index (χ4n) is 5.32. The lowest BCUT2D eigenvalue weighted by atomic mass is 9.72. The van der Waals surface area contributed by atoms with Crippen molar-refractivity contribution in [3.63, 3.8) is 0 Å². The van der Waals surface area contributed by atoms with Crippen LogP contribution in [-0.4, -0.2) is 24.7 Å². The molecule has 0 bridgehead atoms. The molecule has 0 unspecified atom stereocenters. The second-order valence-corrected chi connectivity index (χ2v) is 10.4. The Morgan fingerprint density at radius 1 is 0.816 bits per heavy atom. The molecule has 6 nitrogen and oxygen atoms in total. The Morgan fingerprint density at radius 3 is 2.29 bits per heavy atom. The molecule has 0 amide bonds. The topological polar surface area (TPSA) is 89.3 Å². The third-order valence-corrected chi connectivity index (χ3v) is 7.94. The summed E-state index contributed by atoms with van der Waals surface area (Å²) in [6.07, 6.45) is 3.23. The second-order valence-electron chi connectivity index (χ2n) is 9.96. The Balaban J connectivity index is 1.46. The number of rotatable bonds is 4. The molecule has 0 atom stereocenters. The minimum atomic E-state index is -0.204. The molecule has 3 aromatic heterocycles. The molecule has 7 rings (SSSR count). The first-order valence-electron chi connectivity index (χ1n) is 12.6. The normalized spacial score (nSPS) is 14.6. The van der Waals surface area contributed by atoms with Crippen LogP contribution < -0.4 is 5.73 Å². The number of fused-ring (bicyclic) bond motifs is 3. The van der Waals surface area contributed by atoms with Crippen LogP contribution in [0.1, 0.15) is 24.8 Å². The van der Waals surface area contributed by atoms with E-state index in [1.54, 1.807) is 12.1 Å². The number of pyridine rings is 2. The third kappa shape index (κ3) is 3.64. The quantitative estimate of drug-likeness (QED) is 0.263. The van der Waals surface area contributed by atoms with Crippen molar-refractivity contribution in [2.24, 2.45) is 5.73 Å². The highest BCUT2D eigenvalue weighted by Gasteiger charge is 2.34. The first-order chi connectivity index (χ1) is 18.5. The summed E-state index contributed by atoms with van der Waals surface area (Å²) in [5, 5.41) is 19.3. The SMILES string of the molecule is NC1(c2ccc(-c3nc4ccc5nnc(-c6ccc(Cl)c(O)c6)n5c4cc3-c3ccccc3)cc2)CCC1. The van der Waals surface area contributed by atoms with Gasteiger partial charge in [0.25, 0.3) is 0 Å². The monoisotopic (exact) mass is 517 g/mol. The van der Waals surface area contributed by atoms with E-state index in [9.17, 15) is 5.11 Å². The van der Waals surface area contributed by atoms with Crippen molar-refractivity contribution in [3.05, 3.63) is 102 Å². The van der Waals surface area contributed by atoms with Gasteiger partial charge in [0.1, 0.15) is 5.75 Å². The molecule has 1 aliphatic carbocycles. The van der Waals surface area contributed by atoms with Crippen molar-refractivity contribution in [2.75, 3.05) is 0 Å². The first kappa shape index (κ1) is 22.9. The van der Waals surface area contributed by atoms with Gasteiger partial charge in [-0.15, -0.1) is 10.2 Å². The molecule has 0 aliphatic heterocycles. The molecule has 3 heterocycles. The molecule has 6 aromatic rings. The molecule has 186 valence electrons. The predicted octanol–water partition coefficient (Wildman–Crippen LogP) is 6.98. The largest absolute Gasteiger partial charge is 0.506 e. The van der Waals surface area contributed by atoms with Crippen molar-refractivity contribution in [3.8, 4) is 39.5 Å². The van der Waals surface area contributed by atoms with Crippen LogP contribution in [0.2, 0.25) is 5.02 Å². The Labute approximate surface area is 224 Å². The number of nitrogens with zero attached hydrogens (tertiary/aromatic N) is 4. The molecule has 0 saturated heterocycles. The number of hydrogen-bond acceptors (Lipinski definition) is 5. The Hall–Kier alpha value is -4.26. The predicted molar refractivity (Wildman–Crippen MR) is 151 cm³/mol. The summed E-state index contributed by atoms with van der Waals surface area (Å²) in [6, 6.07) is 29.9. The van der Waals surface area contributed by atoms with Crippen molar-refractivity contribution < 1.29 is 5.11 Å². The Morgan fingerprint density at radius 2 is 1.58 bits per heavy atom. The van der Waals surface area contributed by atoms with Crippen LogP contribution in [0.15, 0.2) is 91.0 Å². The molecule has 0 spiro atoms. The summed E-state index contributed by atoms with van der Waals surface area (Å²) in [4.78, 5) is 5.17. The molecule has 1 aliphatic rings. The first-order valence-corrected chi connectivity index (χ1v) is 13.0. The molecule has 1 fully saturated rings. The van der Waals surface area contributed by atoms with Gasteiger partial charge in [-0.3, -0.25) is 4.40 Å². The number of aromatic nitrogens is 4. The molecule has 1 saturated carbocycles. The van der Waals surface area contributed by atoms with Gasteiger partial charge in [-0.2, -0.15) is 0 Å². The summed E-state index contributed by atoms with van der Waals surface area (Å²) in [6.45, 7) is 0.